The van der Waals surface area contributed by atoms with E-state index in [4.69, 9.17) is 11.6 Å². The molecule has 0 bridgehead atoms. The topological polar surface area (TPSA) is 76.0 Å². The molecule has 4 rings (SSSR count). The fourth-order valence-corrected chi connectivity index (χ4v) is 3.48. The van der Waals surface area contributed by atoms with E-state index in [0.29, 0.717) is 23.8 Å². The molecule has 7 heteroatoms. The van der Waals surface area contributed by atoms with E-state index in [2.05, 4.69) is 15.7 Å². The number of fused-ring (bicyclic) bond motifs is 1. The number of halogens is 1. The first-order chi connectivity index (χ1) is 15.0. The highest BCUT2D eigenvalue weighted by molar-refractivity contribution is 6.30. The zero-order valence-corrected chi connectivity index (χ0v) is 17.7. The lowest BCUT2D eigenvalue weighted by molar-refractivity contribution is -0.114. The molecule has 6 nitrogen and oxygen atoms in total. The molecule has 0 saturated carbocycles. The maximum absolute atomic E-state index is 12.9. The summed E-state index contributed by atoms with van der Waals surface area (Å²) in [6, 6.07) is 22.6. The molecule has 0 spiro atoms. The number of hydrogen-bond donors (Lipinski definition) is 2. The summed E-state index contributed by atoms with van der Waals surface area (Å²) in [5.74, 6) is -0.362. The number of nitrogens with one attached hydrogen (secondary N) is 2. The van der Waals surface area contributed by atoms with Crippen LogP contribution in [0.4, 0.5) is 5.69 Å². The summed E-state index contributed by atoms with van der Waals surface area (Å²) in [6.07, 6.45) is 0. The number of rotatable bonds is 6. The Bertz CT molecular complexity index is 1230. The van der Waals surface area contributed by atoms with Crippen LogP contribution in [-0.2, 0) is 17.9 Å². The molecule has 1 heterocycles. The monoisotopic (exact) mass is 432 g/mol. The highest BCUT2D eigenvalue weighted by Crippen LogP contribution is 2.20. The number of nitrogens with zero attached hydrogens (tertiary/aromatic N) is 2. The normalized spacial score (nSPS) is 10.8. The van der Waals surface area contributed by atoms with Gasteiger partial charge in [0.15, 0.2) is 5.69 Å². The Morgan fingerprint density at radius 3 is 2.32 bits per heavy atom. The molecule has 0 aliphatic heterocycles. The molecule has 0 atom stereocenters. The average Bonchev–Trinajstić information content (AvgIpc) is 3.13. The first-order valence-corrected chi connectivity index (χ1v) is 10.2. The highest BCUT2D eigenvalue weighted by Gasteiger charge is 2.17. The third kappa shape index (κ3) is 4.92. The van der Waals surface area contributed by atoms with E-state index in [9.17, 15) is 9.59 Å². The van der Waals surface area contributed by atoms with Gasteiger partial charge in [-0.3, -0.25) is 14.3 Å². The van der Waals surface area contributed by atoms with Crippen molar-refractivity contribution in [2.24, 2.45) is 0 Å². The van der Waals surface area contributed by atoms with Crippen LogP contribution >= 0.6 is 11.6 Å². The molecule has 0 fully saturated rings. The van der Waals surface area contributed by atoms with Crippen molar-refractivity contribution in [2.75, 3.05) is 5.32 Å². The summed E-state index contributed by atoms with van der Waals surface area (Å²) in [5.41, 5.74) is 3.97. The van der Waals surface area contributed by atoms with Gasteiger partial charge in [0, 0.05) is 29.6 Å². The molecule has 1 aromatic heterocycles. The summed E-state index contributed by atoms with van der Waals surface area (Å²) in [7, 11) is 0. The van der Waals surface area contributed by atoms with Crippen LogP contribution in [0, 0.1) is 0 Å². The van der Waals surface area contributed by atoms with Crippen molar-refractivity contribution in [1.29, 1.82) is 0 Å². The average molecular weight is 433 g/mol. The van der Waals surface area contributed by atoms with E-state index in [0.717, 1.165) is 27.7 Å². The number of aromatic nitrogens is 2. The first-order valence-electron chi connectivity index (χ1n) is 9.84. The number of hydrogen-bond acceptors (Lipinski definition) is 3. The van der Waals surface area contributed by atoms with Gasteiger partial charge in [-0.05, 0) is 41.5 Å². The maximum atomic E-state index is 12.9. The number of para-hydroxylation sites is 1. The number of carbonyl (C=O) groups is 2. The van der Waals surface area contributed by atoms with Crippen LogP contribution in [0.15, 0.2) is 72.8 Å². The number of anilines is 1. The molecule has 3 aromatic carbocycles. The summed E-state index contributed by atoms with van der Waals surface area (Å²) in [5, 5.41) is 11.7. The molecule has 0 unspecified atom stereocenters. The van der Waals surface area contributed by atoms with Crippen molar-refractivity contribution in [3.8, 4) is 0 Å². The smallest absolute Gasteiger partial charge is 0.272 e. The van der Waals surface area contributed by atoms with Crippen molar-refractivity contribution < 1.29 is 9.59 Å². The lowest BCUT2D eigenvalue weighted by Crippen LogP contribution is -2.23. The van der Waals surface area contributed by atoms with Crippen molar-refractivity contribution in [2.45, 2.75) is 20.0 Å². The molecular weight excluding hydrogens is 412 g/mol. The molecule has 0 aliphatic rings. The fraction of sp³-hybridized carbons (Fsp3) is 0.125. The Morgan fingerprint density at radius 2 is 1.61 bits per heavy atom. The first kappa shape index (κ1) is 20.6. The van der Waals surface area contributed by atoms with E-state index in [1.807, 2.05) is 65.3 Å². The van der Waals surface area contributed by atoms with Crippen molar-refractivity contribution >= 4 is 40.0 Å². The summed E-state index contributed by atoms with van der Waals surface area (Å²) in [6.45, 7) is 2.36. The Hall–Kier alpha value is -3.64. The van der Waals surface area contributed by atoms with Crippen molar-refractivity contribution in [3.05, 3.63) is 94.6 Å². The van der Waals surface area contributed by atoms with Gasteiger partial charge in [-0.1, -0.05) is 54.1 Å². The predicted molar refractivity (Wildman–Crippen MR) is 122 cm³/mol. The van der Waals surface area contributed by atoms with Crippen LogP contribution in [-0.4, -0.2) is 21.6 Å². The second-order valence-corrected chi connectivity index (χ2v) is 7.65. The van der Waals surface area contributed by atoms with E-state index >= 15 is 0 Å². The minimum absolute atomic E-state index is 0.123. The van der Waals surface area contributed by atoms with Crippen molar-refractivity contribution in [1.82, 2.24) is 15.1 Å². The zero-order chi connectivity index (χ0) is 21.8. The van der Waals surface area contributed by atoms with Gasteiger partial charge in [0.05, 0.1) is 12.1 Å². The minimum Gasteiger partial charge on any atom is -0.347 e. The third-order valence-corrected chi connectivity index (χ3v) is 5.10. The third-order valence-electron chi connectivity index (χ3n) is 4.85. The van der Waals surface area contributed by atoms with Crippen LogP contribution in [0.2, 0.25) is 5.02 Å². The Labute approximate surface area is 184 Å². The Balaban J connectivity index is 1.51. The largest absolute Gasteiger partial charge is 0.347 e. The second-order valence-electron chi connectivity index (χ2n) is 7.21. The van der Waals surface area contributed by atoms with Gasteiger partial charge in [0.25, 0.3) is 5.91 Å². The van der Waals surface area contributed by atoms with E-state index in [1.165, 1.54) is 6.92 Å². The summed E-state index contributed by atoms with van der Waals surface area (Å²) < 4.78 is 1.83. The van der Waals surface area contributed by atoms with Gasteiger partial charge in [-0.2, -0.15) is 5.10 Å². The SMILES string of the molecule is CC(=O)Nc1ccc(CNC(=O)c2nn(Cc3ccc(Cl)cc3)c3ccccc23)cc1. The number of carbonyl (C=O) groups excluding carboxylic acids is 2. The van der Waals surface area contributed by atoms with Crippen LogP contribution in [0.5, 0.6) is 0 Å². The van der Waals surface area contributed by atoms with Gasteiger partial charge in [-0.15, -0.1) is 0 Å². The summed E-state index contributed by atoms with van der Waals surface area (Å²) in [4.78, 5) is 24.0. The number of amides is 2. The van der Waals surface area contributed by atoms with E-state index in [1.54, 1.807) is 12.1 Å². The molecule has 156 valence electrons. The Morgan fingerprint density at radius 1 is 0.935 bits per heavy atom. The highest BCUT2D eigenvalue weighted by atomic mass is 35.5. The van der Waals surface area contributed by atoms with Gasteiger partial charge >= 0.3 is 0 Å². The predicted octanol–water partition coefficient (Wildman–Crippen LogP) is 4.63. The Kier molecular flexibility index (Phi) is 6.00. The van der Waals surface area contributed by atoms with Crippen LogP contribution in [0.25, 0.3) is 10.9 Å². The molecule has 0 saturated heterocycles. The molecule has 0 aliphatic carbocycles. The van der Waals surface area contributed by atoms with Gasteiger partial charge in [-0.25, -0.2) is 0 Å². The number of benzene rings is 3. The standard InChI is InChI=1S/C24H21ClN4O2/c1-16(30)27-20-12-8-17(9-13-20)14-26-24(31)23-21-4-2-3-5-22(21)29(28-23)15-18-6-10-19(25)11-7-18/h2-13H,14-15H2,1H3,(H,26,31)(H,27,30). The van der Waals surface area contributed by atoms with Gasteiger partial charge < -0.3 is 10.6 Å². The van der Waals surface area contributed by atoms with Gasteiger partial charge in [0.1, 0.15) is 0 Å². The summed E-state index contributed by atoms with van der Waals surface area (Å²) >= 11 is 5.98. The van der Waals surface area contributed by atoms with E-state index < -0.39 is 0 Å². The molecule has 0 radical (unpaired) electrons. The quantitative estimate of drug-likeness (QED) is 0.466. The lowest BCUT2D eigenvalue weighted by Gasteiger charge is -2.06. The lowest BCUT2D eigenvalue weighted by atomic mass is 10.1. The second kappa shape index (κ2) is 9.02. The minimum atomic E-state index is -0.239. The van der Waals surface area contributed by atoms with E-state index in [-0.39, 0.29) is 11.8 Å². The molecule has 2 amide bonds. The molecule has 4 aromatic rings. The van der Waals surface area contributed by atoms with Crippen LogP contribution < -0.4 is 10.6 Å². The molecule has 2 N–H and O–H groups in total. The molecular formula is C24H21ClN4O2. The zero-order valence-electron chi connectivity index (χ0n) is 16.9. The maximum Gasteiger partial charge on any atom is 0.272 e. The van der Waals surface area contributed by atoms with Crippen LogP contribution in [0.1, 0.15) is 28.5 Å². The molecule has 31 heavy (non-hydrogen) atoms. The van der Waals surface area contributed by atoms with Crippen molar-refractivity contribution in [3.63, 3.8) is 0 Å². The van der Waals surface area contributed by atoms with Crippen LogP contribution in [0.3, 0.4) is 0 Å². The van der Waals surface area contributed by atoms with Gasteiger partial charge in [0.2, 0.25) is 5.91 Å². The fourth-order valence-electron chi connectivity index (χ4n) is 3.35.